The van der Waals surface area contributed by atoms with E-state index in [9.17, 15) is 4.79 Å². The zero-order valence-electron chi connectivity index (χ0n) is 13.6. The maximum atomic E-state index is 12.7. The minimum Gasteiger partial charge on any atom is -0.496 e. The predicted octanol–water partition coefficient (Wildman–Crippen LogP) is 4.34. The van der Waals surface area contributed by atoms with Crippen LogP contribution in [0.5, 0.6) is 5.75 Å². The summed E-state index contributed by atoms with van der Waals surface area (Å²) < 4.78 is 6.35. The Bertz CT molecular complexity index is 818. The Balaban J connectivity index is 1.67. The number of nitrogens with one attached hydrogen (secondary N) is 2. The minimum absolute atomic E-state index is 0.0478. The summed E-state index contributed by atoms with van der Waals surface area (Å²) in [6.45, 7) is 2.29. The fourth-order valence-corrected chi connectivity index (χ4v) is 5.69. The highest BCUT2D eigenvalue weighted by Crippen LogP contribution is 2.42. The molecule has 0 saturated carbocycles. The Kier molecular flexibility index (Phi) is 4.20. The van der Waals surface area contributed by atoms with Crippen LogP contribution in [0.15, 0.2) is 18.2 Å². The monoisotopic (exact) mass is 454 g/mol. The molecule has 4 rings (SSSR count). The van der Waals surface area contributed by atoms with Gasteiger partial charge in [-0.25, -0.2) is 0 Å². The Hall–Kier alpha value is -1.28. The highest BCUT2D eigenvalue weighted by atomic mass is 127. The van der Waals surface area contributed by atoms with Gasteiger partial charge in [0.2, 0.25) is 0 Å². The maximum Gasteiger partial charge on any atom is 0.256 e. The SMILES string of the molecule is COc1ccc([C@H]2NC(=O)c3c(sc4c3CC[C@H](C)C4)N2)cc1I. The zero-order valence-corrected chi connectivity index (χ0v) is 16.6. The largest absolute Gasteiger partial charge is 0.496 e. The molecule has 6 heteroatoms. The van der Waals surface area contributed by atoms with E-state index in [2.05, 4.69) is 46.2 Å². The number of carbonyl (C=O) groups excluding carboxylic acids is 1. The second-order valence-electron chi connectivity index (χ2n) is 6.50. The quantitative estimate of drug-likeness (QED) is 0.664. The van der Waals surface area contributed by atoms with Crippen molar-refractivity contribution < 1.29 is 9.53 Å². The number of fused-ring (bicyclic) bond motifs is 3. The van der Waals surface area contributed by atoms with Gasteiger partial charge in [0.15, 0.2) is 0 Å². The smallest absolute Gasteiger partial charge is 0.256 e. The molecule has 126 valence electrons. The molecule has 4 nitrogen and oxygen atoms in total. The molecule has 0 radical (unpaired) electrons. The molecule has 2 aliphatic rings. The highest BCUT2D eigenvalue weighted by molar-refractivity contribution is 14.1. The number of hydrogen-bond acceptors (Lipinski definition) is 4. The van der Waals surface area contributed by atoms with Crippen LogP contribution >= 0.6 is 33.9 Å². The molecule has 1 aliphatic heterocycles. The maximum absolute atomic E-state index is 12.7. The van der Waals surface area contributed by atoms with Gasteiger partial charge in [-0.05, 0) is 71.0 Å². The lowest BCUT2D eigenvalue weighted by molar-refractivity contribution is 0.0935. The zero-order chi connectivity index (χ0) is 16.8. The van der Waals surface area contributed by atoms with E-state index in [0.717, 1.165) is 38.3 Å². The number of benzene rings is 1. The topological polar surface area (TPSA) is 50.4 Å². The summed E-state index contributed by atoms with van der Waals surface area (Å²) in [5.41, 5.74) is 3.18. The fourth-order valence-electron chi connectivity index (χ4n) is 3.49. The molecule has 0 fully saturated rings. The van der Waals surface area contributed by atoms with Crippen LogP contribution in [0.1, 0.15) is 45.9 Å². The Morgan fingerprint density at radius 2 is 2.17 bits per heavy atom. The molecule has 24 heavy (non-hydrogen) atoms. The summed E-state index contributed by atoms with van der Waals surface area (Å²) >= 11 is 4.01. The van der Waals surface area contributed by atoms with Crippen LogP contribution in [-0.4, -0.2) is 13.0 Å². The fraction of sp³-hybridized carbons (Fsp3) is 0.389. The standard InChI is InChI=1S/C18H19IN2O2S/c1-9-3-5-11-14(7-9)24-18-15(11)17(22)20-16(21-18)10-4-6-13(23-2)12(19)8-10/h4,6,8-9,16,21H,3,5,7H2,1-2H3,(H,20,22)/t9-,16-/m0/s1. The number of anilines is 1. The van der Waals surface area contributed by atoms with Gasteiger partial charge >= 0.3 is 0 Å². The Morgan fingerprint density at radius 1 is 1.33 bits per heavy atom. The number of hydrogen-bond donors (Lipinski definition) is 2. The third-order valence-electron chi connectivity index (χ3n) is 4.80. The average molecular weight is 454 g/mol. The van der Waals surface area contributed by atoms with Gasteiger partial charge in [-0.3, -0.25) is 4.79 Å². The average Bonchev–Trinajstić information content (AvgIpc) is 2.92. The number of ether oxygens (including phenoxy) is 1. The predicted molar refractivity (Wildman–Crippen MR) is 105 cm³/mol. The van der Waals surface area contributed by atoms with Gasteiger partial charge in [0.05, 0.1) is 16.2 Å². The van der Waals surface area contributed by atoms with Gasteiger partial charge in [0, 0.05) is 4.88 Å². The van der Waals surface area contributed by atoms with Crippen molar-refractivity contribution in [2.75, 3.05) is 12.4 Å². The number of methoxy groups -OCH3 is 1. The molecular formula is C18H19IN2O2S. The van der Waals surface area contributed by atoms with Gasteiger partial charge in [0.25, 0.3) is 5.91 Å². The first kappa shape index (κ1) is 16.2. The Labute approximate surface area is 159 Å². The van der Waals surface area contributed by atoms with Gasteiger partial charge in [-0.15, -0.1) is 11.3 Å². The van der Waals surface area contributed by atoms with E-state index in [1.165, 1.54) is 16.9 Å². The molecule has 2 heterocycles. The summed E-state index contributed by atoms with van der Waals surface area (Å²) in [5.74, 6) is 1.61. The number of rotatable bonds is 2. The number of amides is 1. The lowest BCUT2D eigenvalue weighted by atomic mass is 9.88. The van der Waals surface area contributed by atoms with E-state index < -0.39 is 0 Å². The van der Waals surface area contributed by atoms with E-state index in [-0.39, 0.29) is 12.1 Å². The van der Waals surface area contributed by atoms with E-state index in [1.807, 2.05) is 12.1 Å². The molecule has 1 amide bonds. The van der Waals surface area contributed by atoms with Crippen molar-refractivity contribution in [3.05, 3.63) is 43.3 Å². The molecule has 2 N–H and O–H groups in total. The van der Waals surface area contributed by atoms with Crippen molar-refractivity contribution in [2.24, 2.45) is 5.92 Å². The number of halogens is 1. The van der Waals surface area contributed by atoms with Crippen LogP contribution in [0.3, 0.4) is 0 Å². The van der Waals surface area contributed by atoms with Gasteiger partial charge < -0.3 is 15.4 Å². The second kappa shape index (κ2) is 6.22. The molecule has 1 aromatic heterocycles. The molecule has 0 unspecified atom stereocenters. The van der Waals surface area contributed by atoms with Crippen LogP contribution in [-0.2, 0) is 12.8 Å². The number of thiophene rings is 1. The van der Waals surface area contributed by atoms with E-state index in [4.69, 9.17) is 4.74 Å². The van der Waals surface area contributed by atoms with Crippen LogP contribution in [0, 0.1) is 9.49 Å². The van der Waals surface area contributed by atoms with E-state index >= 15 is 0 Å². The molecule has 0 spiro atoms. The summed E-state index contributed by atoms with van der Waals surface area (Å²) in [7, 11) is 1.67. The number of carbonyl (C=O) groups is 1. The van der Waals surface area contributed by atoms with Crippen LogP contribution in [0.2, 0.25) is 0 Å². The van der Waals surface area contributed by atoms with Crippen molar-refractivity contribution in [3.63, 3.8) is 0 Å². The first-order valence-corrected chi connectivity index (χ1v) is 10.0. The van der Waals surface area contributed by atoms with Crippen LogP contribution in [0.25, 0.3) is 0 Å². The summed E-state index contributed by atoms with van der Waals surface area (Å²) in [4.78, 5) is 14.1. The summed E-state index contributed by atoms with van der Waals surface area (Å²) in [5, 5.41) is 7.66. The highest BCUT2D eigenvalue weighted by Gasteiger charge is 2.33. The van der Waals surface area contributed by atoms with E-state index in [0.29, 0.717) is 5.92 Å². The molecule has 0 saturated heterocycles. The molecule has 2 aromatic rings. The third kappa shape index (κ3) is 2.69. The molecule has 2 atom stereocenters. The minimum atomic E-state index is -0.193. The van der Waals surface area contributed by atoms with Gasteiger partial charge in [0.1, 0.15) is 16.9 Å². The molecular weight excluding hydrogens is 435 g/mol. The Morgan fingerprint density at radius 3 is 2.92 bits per heavy atom. The first-order chi connectivity index (χ1) is 11.6. The second-order valence-corrected chi connectivity index (χ2v) is 8.77. The van der Waals surface area contributed by atoms with Crippen molar-refractivity contribution >= 4 is 44.8 Å². The van der Waals surface area contributed by atoms with Crippen molar-refractivity contribution in [1.82, 2.24) is 5.32 Å². The van der Waals surface area contributed by atoms with Crippen molar-refractivity contribution in [2.45, 2.75) is 32.4 Å². The first-order valence-electron chi connectivity index (χ1n) is 8.12. The summed E-state index contributed by atoms with van der Waals surface area (Å²) in [6.07, 6.45) is 3.08. The lowest BCUT2D eigenvalue weighted by Gasteiger charge is -2.27. The molecule has 0 bridgehead atoms. The van der Waals surface area contributed by atoms with Gasteiger partial charge in [-0.2, -0.15) is 0 Å². The normalized spacial score (nSPS) is 22.2. The molecule has 1 aromatic carbocycles. The van der Waals surface area contributed by atoms with Crippen molar-refractivity contribution in [3.8, 4) is 5.75 Å². The van der Waals surface area contributed by atoms with Gasteiger partial charge in [-0.1, -0.05) is 13.0 Å². The summed E-state index contributed by atoms with van der Waals surface area (Å²) in [6, 6.07) is 6.00. The third-order valence-corrected chi connectivity index (χ3v) is 6.83. The lowest BCUT2D eigenvalue weighted by Crippen LogP contribution is -2.38. The van der Waals surface area contributed by atoms with Crippen LogP contribution < -0.4 is 15.4 Å². The van der Waals surface area contributed by atoms with E-state index in [1.54, 1.807) is 18.4 Å². The van der Waals surface area contributed by atoms with Crippen LogP contribution in [0.4, 0.5) is 5.00 Å². The molecule has 1 aliphatic carbocycles. The van der Waals surface area contributed by atoms with Crippen molar-refractivity contribution in [1.29, 1.82) is 0 Å².